The number of hydrogen-bond acceptors (Lipinski definition) is 6. The molecule has 3 aromatic heterocycles. The molecular formula is C21H14F6N4O3S. The van der Waals surface area contributed by atoms with Gasteiger partial charge in [0.2, 0.25) is 0 Å². The second kappa shape index (κ2) is 8.52. The molecule has 0 amide bonds. The number of rotatable bonds is 5. The van der Waals surface area contributed by atoms with Crippen LogP contribution in [0.4, 0.5) is 26.3 Å². The van der Waals surface area contributed by atoms with E-state index in [0.29, 0.717) is 5.56 Å². The normalized spacial score (nSPS) is 12.8. The van der Waals surface area contributed by atoms with Crippen molar-refractivity contribution >= 4 is 15.5 Å². The van der Waals surface area contributed by atoms with E-state index in [2.05, 4.69) is 19.8 Å². The Balaban J connectivity index is 1.79. The lowest BCUT2D eigenvalue weighted by Gasteiger charge is -2.12. The first-order chi connectivity index (χ1) is 16.3. The molecule has 35 heavy (non-hydrogen) atoms. The third-order valence-electron chi connectivity index (χ3n) is 4.85. The summed E-state index contributed by atoms with van der Waals surface area (Å²) in [5.41, 5.74) is -0.779. The Kier molecular flexibility index (Phi) is 5.95. The molecular weight excluding hydrogens is 502 g/mol. The summed E-state index contributed by atoms with van der Waals surface area (Å²) in [6.45, 7) is 1.40. The highest BCUT2D eigenvalue weighted by Gasteiger charge is 2.34. The molecule has 184 valence electrons. The second-order valence-corrected chi connectivity index (χ2v) is 9.44. The first-order valence-electron chi connectivity index (χ1n) is 9.80. The highest BCUT2D eigenvalue weighted by atomic mass is 32.2. The summed E-state index contributed by atoms with van der Waals surface area (Å²) in [5.74, 6) is -0.764. The maximum absolute atomic E-state index is 13.0. The number of alkyl halides is 6. The van der Waals surface area contributed by atoms with Crippen LogP contribution in [-0.2, 0) is 16.0 Å². The smallest absolute Gasteiger partial charge is 0.406 e. The van der Waals surface area contributed by atoms with E-state index in [1.807, 2.05) is 0 Å². The van der Waals surface area contributed by atoms with Crippen molar-refractivity contribution in [3.05, 3.63) is 60.6 Å². The van der Waals surface area contributed by atoms with Gasteiger partial charge in [-0.3, -0.25) is 4.98 Å². The van der Waals surface area contributed by atoms with Crippen molar-refractivity contribution in [3.63, 3.8) is 0 Å². The Labute approximate surface area is 193 Å². The molecule has 0 aliphatic rings. The summed E-state index contributed by atoms with van der Waals surface area (Å²) in [4.78, 5) is 8.03. The first kappa shape index (κ1) is 24.4. The number of benzene rings is 1. The van der Waals surface area contributed by atoms with Crippen LogP contribution in [0.25, 0.3) is 28.2 Å². The standard InChI is InChI=1S/C21H14F6N4O3S/c1-2-35(32,33)16-9-13(12-3-5-14(6-4-12)34-21(25,26)27)11-28-19(16)15-7-8-31-18(29-15)10-17(30-31)20(22,23)24/h3-11H,2H2,1H3. The van der Waals surface area contributed by atoms with Gasteiger partial charge in [-0.1, -0.05) is 19.1 Å². The number of ether oxygens (including phenoxy) is 1. The summed E-state index contributed by atoms with van der Waals surface area (Å²) in [6, 6.07) is 8.02. The molecule has 0 aliphatic heterocycles. The van der Waals surface area contributed by atoms with Crippen LogP contribution in [0.3, 0.4) is 0 Å². The van der Waals surface area contributed by atoms with E-state index in [1.165, 1.54) is 43.6 Å². The topological polar surface area (TPSA) is 86.5 Å². The van der Waals surface area contributed by atoms with E-state index in [-0.39, 0.29) is 33.2 Å². The van der Waals surface area contributed by atoms with Crippen molar-refractivity contribution < 1.29 is 39.5 Å². The average molecular weight is 516 g/mol. The Morgan fingerprint density at radius 1 is 0.971 bits per heavy atom. The highest BCUT2D eigenvalue weighted by Crippen LogP contribution is 2.33. The van der Waals surface area contributed by atoms with Gasteiger partial charge in [-0.05, 0) is 29.8 Å². The number of fused-ring (bicyclic) bond motifs is 1. The summed E-state index contributed by atoms with van der Waals surface area (Å²) in [7, 11) is -3.89. The van der Waals surface area contributed by atoms with Gasteiger partial charge < -0.3 is 4.74 Å². The van der Waals surface area contributed by atoms with Crippen molar-refractivity contribution in [1.29, 1.82) is 0 Å². The van der Waals surface area contributed by atoms with Gasteiger partial charge in [0.15, 0.2) is 21.2 Å². The van der Waals surface area contributed by atoms with Crippen LogP contribution < -0.4 is 4.74 Å². The Bertz CT molecular complexity index is 1500. The van der Waals surface area contributed by atoms with Crippen LogP contribution in [0, 0.1) is 0 Å². The number of halogens is 6. The molecule has 0 spiro atoms. The molecule has 0 aliphatic carbocycles. The van der Waals surface area contributed by atoms with Crippen LogP contribution in [0.15, 0.2) is 59.8 Å². The summed E-state index contributed by atoms with van der Waals surface area (Å²) < 4.78 is 106. The van der Waals surface area contributed by atoms with Crippen LogP contribution >= 0.6 is 0 Å². The Hall–Kier alpha value is -3.68. The van der Waals surface area contributed by atoms with E-state index in [9.17, 15) is 34.8 Å². The molecule has 0 radical (unpaired) electrons. The van der Waals surface area contributed by atoms with E-state index < -0.39 is 33.8 Å². The predicted octanol–water partition coefficient (Wildman–Crippen LogP) is 5.17. The molecule has 0 bridgehead atoms. The van der Waals surface area contributed by atoms with Crippen molar-refractivity contribution in [2.24, 2.45) is 0 Å². The fourth-order valence-electron chi connectivity index (χ4n) is 3.19. The molecule has 4 rings (SSSR count). The first-order valence-corrected chi connectivity index (χ1v) is 11.4. The fraction of sp³-hybridized carbons (Fsp3) is 0.190. The van der Waals surface area contributed by atoms with Crippen molar-refractivity contribution in [1.82, 2.24) is 19.6 Å². The Morgan fingerprint density at radius 3 is 2.26 bits per heavy atom. The molecule has 1 aromatic carbocycles. The molecule has 7 nitrogen and oxygen atoms in total. The van der Waals surface area contributed by atoms with Gasteiger partial charge in [0.25, 0.3) is 0 Å². The predicted molar refractivity (Wildman–Crippen MR) is 111 cm³/mol. The number of pyridine rings is 1. The summed E-state index contributed by atoms with van der Waals surface area (Å²) >= 11 is 0. The van der Waals surface area contributed by atoms with E-state index in [0.717, 1.165) is 22.7 Å². The molecule has 3 heterocycles. The fourth-order valence-corrected chi connectivity index (χ4v) is 4.26. The molecule has 14 heteroatoms. The van der Waals surface area contributed by atoms with Crippen LogP contribution in [0.5, 0.6) is 5.75 Å². The Morgan fingerprint density at radius 2 is 1.66 bits per heavy atom. The number of hydrogen-bond donors (Lipinski definition) is 0. The highest BCUT2D eigenvalue weighted by molar-refractivity contribution is 7.91. The third-order valence-corrected chi connectivity index (χ3v) is 6.59. The monoisotopic (exact) mass is 516 g/mol. The molecule has 0 unspecified atom stereocenters. The third kappa shape index (κ3) is 5.21. The average Bonchev–Trinajstić information content (AvgIpc) is 3.22. The lowest BCUT2D eigenvalue weighted by Crippen LogP contribution is -2.16. The van der Waals surface area contributed by atoms with Gasteiger partial charge in [-0.2, -0.15) is 18.3 Å². The second-order valence-electron chi connectivity index (χ2n) is 7.19. The van der Waals surface area contributed by atoms with Crippen molar-refractivity contribution in [2.75, 3.05) is 5.75 Å². The zero-order valence-electron chi connectivity index (χ0n) is 17.6. The number of aromatic nitrogens is 4. The van der Waals surface area contributed by atoms with E-state index in [1.54, 1.807) is 0 Å². The lowest BCUT2D eigenvalue weighted by molar-refractivity contribution is -0.274. The molecule has 0 saturated carbocycles. The van der Waals surface area contributed by atoms with E-state index in [4.69, 9.17) is 0 Å². The molecule has 0 fully saturated rings. The number of sulfone groups is 1. The van der Waals surface area contributed by atoms with Crippen LogP contribution in [0.2, 0.25) is 0 Å². The molecule has 4 aromatic rings. The van der Waals surface area contributed by atoms with Crippen molar-refractivity contribution in [3.8, 4) is 28.3 Å². The minimum atomic E-state index is -4.86. The van der Waals surface area contributed by atoms with Gasteiger partial charge >= 0.3 is 12.5 Å². The maximum Gasteiger partial charge on any atom is 0.573 e. The van der Waals surface area contributed by atoms with Crippen molar-refractivity contribution in [2.45, 2.75) is 24.4 Å². The minimum Gasteiger partial charge on any atom is -0.406 e. The minimum absolute atomic E-state index is 0.00127. The van der Waals surface area contributed by atoms with Gasteiger partial charge in [0.05, 0.1) is 16.3 Å². The van der Waals surface area contributed by atoms with Crippen LogP contribution in [0.1, 0.15) is 12.6 Å². The number of nitrogens with zero attached hydrogens (tertiary/aromatic N) is 4. The summed E-state index contributed by atoms with van der Waals surface area (Å²) in [5, 5.41) is 3.40. The van der Waals surface area contributed by atoms with Gasteiger partial charge in [0, 0.05) is 24.0 Å². The molecule has 0 N–H and O–H groups in total. The van der Waals surface area contributed by atoms with E-state index >= 15 is 0 Å². The largest absolute Gasteiger partial charge is 0.573 e. The zero-order chi connectivity index (χ0) is 25.6. The molecule has 0 atom stereocenters. The van der Waals surface area contributed by atoms with Gasteiger partial charge in [0.1, 0.15) is 11.4 Å². The SMILES string of the molecule is CCS(=O)(=O)c1cc(-c2ccc(OC(F)(F)F)cc2)cnc1-c1ccn2nc(C(F)(F)F)cc2n1. The molecule has 0 saturated heterocycles. The maximum atomic E-state index is 13.0. The summed E-state index contributed by atoms with van der Waals surface area (Å²) in [6.07, 6.45) is -7.07. The quantitative estimate of drug-likeness (QED) is 0.340. The lowest BCUT2D eigenvalue weighted by atomic mass is 10.1. The zero-order valence-corrected chi connectivity index (χ0v) is 18.4. The van der Waals surface area contributed by atoms with Crippen LogP contribution in [-0.4, -0.2) is 40.1 Å². The van der Waals surface area contributed by atoms with Gasteiger partial charge in [-0.15, -0.1) is 13.2 Å². The van der Waals surface area contributed by atoms with Gasteiger partial charge in [-0.25, -0.2) is 17.9 Å².